The number of hydrogen-bond donors (Lipinski definition) is 2. The number of halogens is 1. The van der Waals surface area contributed by atoms with Crippen molar-refractivity contribution in [3.63, 3.8) is 0 Å². The van der Waals surface area contributed by atoms with Crippen molar-refractivity contribution in [2.45, 2.75) is 39.3 Å². The van der Waals surface area contributed by atoms with Crippen LogP contribution in [-0.2, 0) is 4.79 Å². The molecule has 0 aliphatic heterocycles. The van der Waals surface area contributed by atoms with Gasteiger partial charge in [0.25, 0.3) is 5.91 Å². The molecular formula is C16H23BrN2O4. The van der Waals surface area contributed by atoms with Crippen molar-refractivity contribution >= 4 is 27.7 Å². The third kappa shape index (κ3) is 5.42. The third-order valence-electron chi connectivity index (χ3n) is 2.95. The molecule has 23 heavy (non-hydrogen) atoms. The highest BCUT2D eigenvalue weighted by Gasteiger charge is 2.22. The zero-order valence-corrected chi connectivity index (χ0v) is 15.8. The van der Waals surface area contributed by atoms with Crippen LogP contribution in [0.3, 0.4) is 0 Å². The van der Waals surface area contributed by atoms with Crippen LogP contribution in [-0.4, -0.2) is 37.6 Å². The third-order valence-corrected chi connectivity index (χ3v) is 3.73. The molecule has 6 nitrogen and oxygen atoms in total. The summed E-state index contributed by atoms with van der Waals surface area (Å²) in [4.78, 5) is 24.4. The standard InChI is InChI=1S/C16H23BrN2O4/c1-9(14(20)19-16(2,3)4)18-15(21)10-7-11(22-5)13(17)12(8-10)23-6/h7-9H,1-6H3,(H,18,21)(H,19,20). The normalized spacial score (nSPS) is 12.3. The van der Waals surface area contributed by atoms with Crippen molar-refractivity contribution in [3.8, 4) is 11.5 Å². The molecule has 1 aromatic carbocycles. The molecular weight excluding hydrogens is 364 g/mol. The number of benzene rings is 1. The molecule has 0 aliphatic carbocycles. The first-order valence-electron chi connectivity index (χ1n) is 7.13. The summed E-state index contributed by atoms with van der Waals surface area (Å²) >= 11 is 3.35. The van der Waals surface area contributed by atoms with Crippen molar-refractivity contribution in [2.75, 3.05) is 14.2 Å². The second kappa shape index (κ2) is 7.68. The quantitative estimate of drug-likeness (QED) is 0.814. The summed E-state index contributed by atoms with van der Waals surface area (Å²) in [6.07, 6.45) is 0. The van der Waals surface area contributed by atoms with Crippen LogP contribution >= 0.6 is 15.9 Å². The molecule has 0 saturated heterocycles. The van der Waals surface area contributed by atoms with Crippen LogP contribution in [0.4, 0.5) is 0 Å². The molecule has 1 aromatic rings. The van der Waals surface area contributed by atoms with Crippen molar-refractivity contribution < 1.29 is 19.1 Å². The van der Waals surface area contributed by atoms with Crippen LogP contribution in [0.2, 0.25) is 0 Å². The van der Waals surface area contributed by atoms with Crippen molar-refractivity contribution in [1.82, 2.24) is 10.6 Å². The Balaban J connectivity index is 2.92. The number of nitrogens with one attached hydrogen (secondary N) is 2. The Kier molecular flexibility index (Phi) is 6.44. The molecule has 0 spiro atoms. The molecule has 0 radical (unpaired) electrons. The van der Waals surface area contributed by atoms with Crippen LogP contribution in [0.5, 0.6) is 11.5 Å². The highest BCUT2D eigenvalue weighted by Crippen LogP contribution is 2.35. The molecule has 0 aliphatic rings. The number of hydrogen-bond acceptors (Lipinski definition) is 4. The minimum absolute atomic E-state index is 0.248. The van der Waals surface area contributed by atoms with E-state index in [4.69, 9.17) is 9.47 Å². The Morgan fingerprint density at radius 3 is 2.00 bits per heavy atom. The molecule has 0 saturated carbocycles. The lowest BCUT2D eigenvalue weighted by atomic mass is 10.1. The summed E-state index contributed by atoms with van der Waals surface area (Å²) in [6.45, 7) is 7.27. The maximum absolute atomic E-state index is 12.4. The summed E-state index contributed by atoms with van der Waals surface area (Å²) < 4.78 is 11.0. The van der Waals surface area contributed by atoms with Crippen LogP contribution in [0, 0.1) is 0 Å². The Morgan fingerprint density at radius 2 is 1.61 bits per heavy atom. The summed E-state index contributed by atoms with van der Waals surface area (Å²) in [6, 6.07) is 2.49. The largest absolute Gasteiger partial charge is 0.495 e. The Bertz CT molecular complexity index is 571. The van der Waals surface area contributed by atoms with Gasteiger partial charge in [0.1, 0.15) is 22.0 Å². The van der Waals surface area contributed by atoms with Crippen LogP contribution in [0.25, 0.3) is 0 Å². The number of amides is 2. The minimum Gasteiger partial charge on any atom is -0.495 e. The number of ether oxygens (including phenoxy) is 2. The second-order valence-corrected chi connectivity index (χ2v) is 6.92. The molecule has 2 amide bonds. The zero-order chi connectivity index (χ0) is 17.8. The monoisotopic (exact) mass is 386 g/mol. The second-order valence-electron chi connectivity index (χ2n) is 6.13. The SMILES string of the molecule is COc1cc(C(=O)NC(C)C(=O)NC(C)(C)C)cc(OC)c1Br. The summed E-state index contributed by atoms with van der Waals surface area (Å²) in [5.41, 5.74) is -0.0163. The smallest absolute Gasteiger partial charge is 0.252 e. The Labute approximate surface area is 145 Å². The van der Waals surface area contributed by atoms with Gasteiger partial charge in [0.05, 0.1) is 14.2 Å². The molecule has 2 N–H and O–H groups in total. The van der Waals surface area contributed by atoms with Gasteiger partial charge in [-0.25, -0.2) is 0 Å². The molecule has 7 heteroatoms. The minimum atomic E-state index is -0.664. The van der Waals surface area contributed by atoms with Crippen LogP contribution < -0.4 is 20.1 Å². The number of carbonyl (C=O) groups excluding carboxylic acids is 2. The number of rotatable bonds is 5. The van der Waals surface area contributed by atoms with Gasteiger partial charge in [-0.3, -0.25) is 9.59 Å². The first kappa shape index (κ1) is 19.3. The summed E-state index contributed by atoms with van der Waals surface area (Å²) in [5, 5.41) is 5.48. The highest BCUT2D eigenvalue weighted by atomic mass is 79.9. The lowest BCUT2D eigenvalue weighted by Crippen LogP contribution is -2.50. The Hall–Kier alpha value is -1.76. The fraction of sp³-hybridized carbons (Fsp3) is 0.500. The summed E-state index contributed by atoms with van der Waals surface area (Å²) in [7, 11) is 3.00. The van der Waals surface area contributed by atoms with E-state index < -0.39 is 6.04 Å². The first-order valence-corrected chi connectivity index (χ1v) is 7.92. The maximum atomic E-state index is 12.4. The van der Waals surface area contributed by atoms with E-state index in [-0.39, 0.29) is 17.4 Å². The Morgan fingerprint density at radius 1 is 1.13 bits per heavy atom. The fourth-order valence-electron chi connectivity index (χ4n) is 1.82. The van der Waals surface area contributed by atoms with Gasteiger partial charge in [0.2, 0.25) is 5.91 Å². The van der Waals surface area contributed by atoms with E-state index >= 15 is 0 Å². The van der Waals surface area contributed by atoms with E-state index in [9.17, 15) is 9.59 Å². The van der Waals surface area contributed by atoms with Gasteiger partial charge in [-0.1, -0.05) is 0 Å². The van der Waals surface area contributed by atoms with Crippen molar-refractivity contribution in [3.05, 3.63) is 22.2 Å². The van der Waals surface area contributed by atoms with Gasteiger partial charge < -0.3 is 20.1 Å². The topological polar surface area (TPSA) is 76.7 Å². The van der Waals surface area contributed by atoms with E-state index in [0.717, 1.165) is 0 Å². The molecule has 1 atom stereocenters. The zero-order valence-electron chi connectivity index (χ0n) is 14.2. The van der Waals surface area contributed by atoms with Gasteiger partial charge in [-0.05, 0) is 55.8 Å². The average Bonchev–Trinajstić information content (AvgIpc) is 2.45. The lowest BCUT2D eigenvalue weighted by molar-refractivity contribution is -0.124. The molecule has 0 fully saturated rings. The number of carbonyl (C=O) groups is 2. The van der Waals surface area contributed by atoms with E-state index in [2.05, 4.69) is 26.6 Å². The first-order chi connectivity index (χ1) is 10.6. The van der Waals surface area contributed by atoms with Crippen LogP contribution in [0.1, 0.15) is 38.1 Å². The van der Waals surface area contributed by atoms with E-state index in [0.29, 0.717) is 21.5 Å². The molecule has 1 unspecified atom stereocenters. The van der Waals surface area contributed by atoms with Gasteiger partial charge in [0.15, 0.2) is 0 Å². The van der Waals surface area contributed by atoms with Gasteiger partial charge >= 0.3 is 0 Å². The van der Waals surface area contributed by atoms with Gasteiger partial charge in [-0.15, -0.1) is 0 Å². The molecule has 0 heterocycles. The highest BCUT2D eigenvalue weighted by molar-refractivity contribution is 9.10. The van der Waals surface area contributed by atoms with Crippen molar-refractivity contribution in [1.29, 1.82) is 0 Å². The molecule has 1 rings (SSSR count). The molecule has 128 valence electrons. The lowest BCUT2D eigenvalue weighted by Gasteiger charge is -2.23. The van der Waals surface area contributed by atoms with Crippen molar-refractivity contribution in [2.24, 2.45) is 0 Å². The van der Waals surface area contributed by atoms with E-state index in [1.54, 1.807) is 19.1 Å². The van der Waals surface area contributed by atoms with E-state index in [1.807, 2.05) is 20.8 Å². The van der Waals surface area contributed by atoms with Crippen LogP contribution in [0.15, 0.2) is 16.6 Å². The summed E-state index contributed by atoms with van der Waals surface area (Å²) in [5.74, 6) is 0.315. The number of methoxy groups -OCH3 is 2. The predicted octanol–water partition coefficient (Wildman–Crippen LogP) is 2.50. The maximum Gasteiger partial charge on any atom is 0.252 e. The van der Waals surface area contributed by atoms with E-state index in [1.165, 1.54) is 14.2 Å². The average molecular weight is 387 g/mol. The van der Waals surface area contributed by atoms with Gasteiger partial charge in [0, 0.05) is 11.1 Å². The molecule has 0 bridgehead atoms. The fourth-order valence-corrected chi connectivity index (χ4v) is 2.38. The van der Waals surface area contributed by atoms with Gasteiger partial charge in [-0.2, -0.15) is 0 Å². The molecule has 0 aromatic heterocycles. The predicted molar refractivity (Wildman–Crippen MR) is 92.1 cm³/mol.